The normalized spacial score (nSPS) is 17.1. The second-order valence-corrected chi connectivity index (χ2v) is 4.36. The molecule has 0 fully saturated rings. The fourth-order valence-corrected chi connectivity index (χ4v) is 2.29. The van der Waals surface area contributed by atoms with Gasteiger partial charge in [-0.25, -0.2) is 4.39 Å². The third-order valence-corrected chi connectivity index (χ3v) is 3.14. The van der Waals surface area contributed by atoms with Gasteiger partial charge < -0.3 is 15.8 Å². The molecule has 0 amide bonds. The maximum Gasteiger partial charge on any atom is 0.141 e. The molecule has 3 N–H and O–H groups in total. The number of hydrogen-bond acceptors (Lipinski definition) is 3. The highest BCUT2D eigenvalue weighted by molar-refractivity contribution is 5.80. The molecule has 1 heterocycles. The average molecular weight is 237 g/mol. The fourth-order valence-electron chi connectivity index (χ4n) is 2.29. The first-order chi connectivity index (χ1) is 8.11. The predicted molar refractivity (Wildman–Crippen MR) is 64.9 cm³/mol. The summed E-state index contributed by atoms with van der Waals surface area (Å²) >= 11 is 0. The first-order valence-electron chi connectivity index (χ1n) is 5.63. The maximum atomic E-state index is 13.2. The molecule has 1 aliphatic rings. The van der Waals surface area contributed by atoms with Crippen molar-refractivity contribution in [1.82, 2.24) is 0 Å². The van der Waals surface area contributed by atoms with Crippen molar-refractivity contribution >= 4 is 11.5 Å². The fraction of sp³-hybridized carbons (Fsp3) is 0.417. The Morgan fingerprint density at radius 3 is 3.12 bits per heavy atom. The zero-order valence-electron chi connectivity index (χ0n) is 9.73. The highest BCUT2D eigenvalue weighted by atomic mass is 19.1. The molecule has 92 valence electrons. The lowest BCUT2D eigenvalue weighted by Crippen LogP contribution is -2.35. The van der Waals surface area contributed by atoms with Crippen LogP contribution in [-0.2, 0) is 6.42 Å². The summed E-state index contributed by atoms with van der Waals surface area (Å²) in [5.74, 6) is -0.0333. The number of fused-ring (bicyclic) bond motifs is 1. The average Bonchev–Trinajstić information content (AvgIpc) is 2.71. The first kappa shape index (κ1) is 11.7. The topological polar surface area (TPSA) is 61.9 Å². The largest absolute Gasteiger partial charge is 0.409 e. The van der Waals surface area contributed by atoms with Crippen molar-refractivity contribution in [3.63, 3.8) is 0 Å². The van der Waals surface area contributed by atoms with Crippen LogP contribution in [0, 0.1) is 5.82 Å². The number of halogens is 1. The van der Waals surface area contributed by atoms with E-state index < -0.39 is 0 Å². The summed E-state index contributed by atoms with van der Waals surface area (Å²) in [5.41, 5.74) is 7.56. The van der Waals surface area contributed by atoms with E-state index in [1.54, 1.807) is 6.07 Å². The number of nitrogens with two attached hydrogens (primary N) is 1. The molecule has 0 bridgehead atoms. The number of oxime groups is 1. The Bertz CT molecular complexity index is 447. The molecular formula is C12H16FN3O. The second-order valence-electron chi connectivity index (χ2n) is 4.36. The Labute approximate surface area is 99.5 Å². The van der Waals surface area contributed by atoms with Gasteiger partial charge in [0.1, 0.15) is 11.7 Å². The summed E-state index contributed by atoms with van der Waals surface area (Å²) in [7, 11) is 0. The van der Waals surface area contributed by atoms with E-state index >= 15 is 0 Å². The number of nitrogens with zero attached hydrogens (tertiary/aromatic N) is 2. The molecule has 1 aliphatic heterocycles. The summed E-state index contributed by atoms with van der Waals surface area (Å²) in [6.07, 6.45) is 1.38. The minimum atomic E-state index is -0.230. The molecular weight excluding hydrogens is 221 g/mol. The highest BCUT2D eigenvalue weighted by Gasteiger charge is 2.24. The van der Waals surface area contributed by atoms with Gasteiger partial charge in [-0.15, -0.1) is 0 Å². The van der Waals surface area contributed by atoms with E-state index in [2.05, 4.69) is 10.1 Å². The van der Waals surface area contributed by atoms with E-state index in [-0.39, 0.29) is 17.7 Å². The SMILES string of the molecule is CC(C/C(N)=N/O)N1CCc2ccc(F)cc21. The van der Waals surface area contributed by atoms with Crippen molar-refractivity contribution in [1.29, 1.82) is 0 Å². The molecule has 5 heteroatoms. The van der Waals surface area contributed by atoms with Crippen LogP contribution in [0.5, 0.6) is 0 Å². The van der Waals surface area contributed by atoms with Crippen molar-refractivity contribution in [3.8, 4) is 0 Å². The van der Waals surface area contributed by atoms with Gasteiger partial charge in [0.15, 0.2) is 0 Å². The number of amidine groups is 1. The molecule has 0 radical (unpaired) electrons. The minimum absolute atomic E-state index is 0.0916. The van der Waals surface area contributed by atoms with Crippen LogP contribution >= 0.6 is 0 Å². The van der Waals surface area contributed by atoms with E-state index in [0.717, 1.165) is 24.2 Å². The molecule has 1 aromatic carbocycles. The molecule has 0 aliphatic carbocycles. The minimum Gasteiger partial charge on any atom is -0.409 e. The van der Waals surface area contributed by atoms with Crippen molar-refractivity contribution < 1.29 is 9.60 Å². The van der Waals surface area contributed by atoms with E-state index in [0.29, 0.717) is 6.42 Å². The van der Waals surface area contributed by atoms with Crippen LogP contribution in [0.3, 0.4) is 0 Å². The van der Waals surface area contributed by atoms with Crippen LogP contribution in [0.15, 0.2) is 23.4 Å². The molecule has 1 atom stereocenters. The maximum absolute atomic E-state index is 13.2. The molecule has 0 saturated heterocycles. The van der Waals surface area contributed by atoms with E-state index in [1.165, 1.54) is 6.07 Å². The Kier molecular flexibility index (Phi) is 3.17. The quantitative estimate of drug-likeness (QED) is 0.364. The number of hydrogen-bond donors (Lipinski definition) is 2. The van der Waals surface area contributed by atoms with Crippen LogP contribution in [0.1, 0.15) is 18.9 Å². The Morgan fingerprint density at radius 2 is 2.41 bits per heavy atom. The lowest BCUT2D eigenvalue weighted by molar-refractivity contribution is 0.316. The van der Waals surface area contributed by atoms with Gasteiger partial charge in [-0.1, -0.05) is 11.2 Å². The highest BCUT2D eigenvalue weighted by Crippen LogP contribution is 2.30. The first-order valence-corrected chi connectivity index (χ1v) is 5.63. The second kappa shape index (κ2) is 4.61. The van der Waals surface area contributed by atoms with Crippen molar-refractivity contribution in [2.24, 2.45) is 10.9 Å². The Hall–Kier alpha value is -1.78. The van der Waals surface area contributed by atoms with Gasteiger partial charge in [0.25, 0.3) is 0 Å². The summed E-state index contributed by atoms with van der Waals surface area (Å²) in [6.45, 7) is 2.83. The molecule has 17 heavy (non-hydrogen) atoms. The smallest absolute Gasteiger partial charge is 0.141 e. The molecule has 4 nitrogen and oxygen atoms in total. The summed E-state index contributed by atoms with van der Waals surface area (Å²) in [5, 5.41) is 11.5. The Balaban J connectivity index is 2.18. The van der Waals surface area contributed by atoms with Gasteiger partial charge in [0.05, 0.1) is 0 Å². The summed E-state index contributed by atoms with van der Waals surface area (Å²) in [4.78, 5) is 2.09. The van der Waals surface area contributed by atoms with Crippen molar-refractivity contribution in [2.45, 2.75) is 25.8 Å². The molecule has 0 aromatic heterocycles. The van der Waals surface area contributed by atoms with Crippen LogP contribution in [0.4, 0.5) is 10.1 Å². The lowest BCUT2D eigenvalue weighted by atomic mass is 10.1. The van der Waals surface area contributed by atoms with Crippen molar-refractivity contribution in [2.75, 3.05) is 11.4 Å². The van der Waals surface area contributed by atoms with Crippen LogP contribution in [0.2, 0.25) is 0 Å². The molecule has 0 saturated carbocycles. The summed E-state index contributed by atoms with van der Waals surface area (Å²) < 4.78 is 13.2. The Morgan fingerprint density at radius 1 is 1.65 bits per heavy atom. The van der Waals surface area contributed by atoms with Crippen LogP contribution in [-0.4, -0.2) is 23.6 Å². The summed E-state index contributed by atoms with van der Waals surface area (Å²) in [6, 6.07) is 4.94. The number of benzene rings is 1. The predicted octanol–water partition coefficient (Wildman–Crippen LogP) is 1.71. The van der Waals surface area contributed by atoms with Gasteiger partial charge >= 0.3 is 0 Å². The van der Waals surface area contributed by atoms with Gasteiger partial charge in [-0.3, -0.25) is 0 Å². The molecule has 1 aromatic rings. The van der Waals surface area contributed by atoms with Crippen LogP contribution < -0.4 is 10.6 Å². The van der Waals surface area contributed by atoms with Gasteiger partial charge in [-0.2, -0.15) is 0 Å². The molecule has 2 rings (SSSR count). The van der Waals surface area contributed by atoms with E-state index in [1.807, 2.05) is 13.0 Å². The molecule has 1 unspecified atom stereocenters. The monoisotopic (exact) mass is 237 g/mol. The van der Waals surface area contributed by atoms with Crippen molar-refractivity contribution in [3.05, 3.63) is 29.6 Å². The van der Waals surface area contributed by atoms with Gasteiger partial charge in [0, 0.05) is 24.7 Å². The van der Waals surface area contributed by atoms with E-state index in [9.17, 15) is 4.39 Å². The standard InChI is InChI=1S/C12H16FN3O/c1-8(6-12(14)15-17)16-5-4-9-2-3-10(13)7-11(9)16/h2-3,7-8,17H,4-6H2,1H3,(H2,14,15). The third kappa shape index (κ3) is 2.33. The lowest BCUT2D eigenvalue weighted by Gasteiger charge is -2.26. The van der Waals surface area contributed by atoms with Crippen LogP contribution in [0.25, 0.3) is 0 Å². The van der Waals surface area contributed by atoms with E-state index in [4.69, 9.17) is 10.9 Å². The number of anilines is 1. The third-order valence-electron chi connectivity index (χ3n) is 3.14. The number of rotatable bonds is 3. The zero-order valence-corrected chi connectivity index (χ0v) is 9.73. The van der Waals surface area contributed by atoms with Gasteiger partial charge in [0.2, 0.25) is 0 Å². The zero-order chi connectivity index (χ0) is 12.4. The molecule has 0 spiro atoms. The van der Waals surface area contributed by atoms with Gasteiger partial charge in [-0.05, 0) is 31.0 Å².